The zero-order chi connectivity index (χ0) is 14.6. The van der Waals surface area contributed by atoms with Crippen molar-refractivity contribution in [1.82, 2.24) is 4.98 Å². The first-order valence-corrected chi connectivity index (χ1v) is 7.74. The van der Waals surface area contributed by atoms with E-state index in [-0.39, 0.29) is 16.4 Å². The van der Waals surface area contributed by atoms with Crippen LogP contribution in [0.5, 0.6) is 5.75 Å². The normalized spacial score (nSPS) is 11.2. The molecule has 0 spiro atoms. The molecule has 0 saturated heterocycles. The zero-order valence-corrected chi connectivity index (χ0v) is 11.9. The van der Waals surface area contributed by atoms with E-state index in [0.717, 1.165) is 5.69 Å². The average molecular weight is 292 g/mol. The topological polar surface area (TPSA) is 82.3 Å². The van der Waals surface area contributed by atoms with Gasteiger partial charge in [-0.1, -0.05) is 6.07 Å². The van der Waals surface area contributed by atoms with Gasteiger partial charge in [-0.3, -0.25) is 4.98 Å². The lowest BCUT2D eigenvalue weighted by molar-refractivity contribution is 0.403. The number of nitrogens with two attached hydrogens (primary N) is 1. The van der Waals surface area contributed by atoms with Gasteiger partial charge in [-0.05, 0) is 24.3 Å². The summed E-state index contributed by atoms with van der Waals surface area (Å²) in [4.78, 5) is 4.27. The second kappa shape index (κ2) is 5.92. The number of methoxy groups -OCH3 is 1. The molecule has 0 amide bonds. The summed E-state index contributed by atoms with van der Waals surface area (Å²) in [5.41, 5.74) is 6.83. The second-order valence-electron chi connectivity index (χ2n) is 4.30. The van der Waals surface area contributed by atoms with Crippen molar-refractivity contribution in [2.45, 2.75) is 11.3 Å². The molecular formula is C14H16N2O3S. The molecule has 6 heteroatoms. The number of rotatable bonds is 5. The van der Waals surface area contributed by atoms with E-state index in [2.05, 4.69) is 4.98 Å². The van der Waals surface area contributed by atoms with Gasteiger partial charge in [0.05, 0.1) is 12.9 Å². The van der Waals surface area contributed by atoms with Crippen molar-refractivity contribution >= 4 is 15.5 Å². The fraction of sp³-hybridized carbons (Fsp3) is 0.214. The molecule has 2 rings (SSSR count). The van der Waals surface area contributed by atoms with Crippen molar-refractivity contribution in [1.29, 1.82) is 0 Å². The molecule has 2 aromatic rings. The molecule has 0 radical (unpaired) electrons. The highest BCUT2D eigenvalue weighted by molar-refractivity contribution is 7.91. The molecule has 1 heterocycles. The van der Waals surface area contributed by atoms with Gasteiger partial charge >= 0.3 is 0 Å². The molecule has 106 valence electrons. The van der Waals surface area contributed by atoms with Crippen LogP contribution in [0, 0.1) is 0 Å². The number of anilines is 1. The molecule has 0 aliphatic carbocycles. The molecule has 0 aliphatic rings. The molecule has 2 N–H and O–H groups in total. The van der Waals surface area contributed by atoms with E-state index in [1.165, 1.54) is 19.2 Å². The van der Waals surface area contributed by atoms with Crippen LogP contribution in [0.25, 0.3) is 0 Å². The van der Waals surface area contributed by atoms with E-state index < -0.39 is 9.84 Å². The van der Waals surface area contributed by atoms with Crippen LogP contribution in [-0.4, -0.2) is 26.3 Å². The minimum atomic E-state index is -3.44. The van der Waals surface area contributed by atoms with Gasteiger partial charge in [0, 0.05) is 30.1 Å². The van der Waals surface area contributed by atoms with Gasteiger partial charge in [0.1, 0.15) is 10.6 Å². The number of pyridine rings is 1. The van der Waals surface area contributed by atoms with Crippen LogP contribution >= 0.6 is 0 Å². The van der Waals surface area contributed by atoms with E-state index in [0.29, 0.717) is 12.1 Å². The summed E-state index contributed by atoms with van der Waals surface area (Å²) in [5.74, 6) is 0.246. The number of ether oxygens (including phenoxy) is 1. The number of hydrogen-bond acceptors (Lipinski definition) is 5. The predicted molar refractivity (Wildman–Crippen MR) is 77.4 cm³/mol. The Bertz CT molecular complexity index is 685. The third-order valence-electron chi connectivity index (χ3n) is 2.88. The van der Waals surface area contributed by atoms with Crippen molar-refractivity contribution in [3.63, 3.8) is 0 Å². The Kier molecular flexibility index (Phi) is 4.24. The van der Waals surface area contributed by atoms with E-state index in [1.807, 2.05) is 6.07 Å². The smallest absolute Gasteiger partial charge is 0.182 e. The first kappa shape index (κ1) is 14.3. The Morgan fingerprint density at radius 2 is 2.05 bits per heavy atom. The van der Waals surface area contributed by atoms with Crippen LogP contribution in [0.15, 0.2) is 47.5 Å². The predicted octanol–water partition coefficient (Wildman–Crippen LogP) is 1.69. The lowest BCUT2D eigenvalue weighted by atomic mass is 10.3. The van der Waals surface area contributed by atoms with E-state index >= 15 is 0 Å². The number of nitrogens with zero attached hydrogens (tertiary/aromatic N) is 1. The lowest BCUT2D eigenvalue weighted by Crippen LogP contribution is -2.11. The largest absolute Gasteiger partial charge is 0.495 e. The van der Waals surface area contributed by atoms with Gasteiger partial charge in [-0.2, -0.15) is 0 Å². The highest BCUT2D eigenvalue weighted by atomic mass is 32.2. The highest BCUT2D eigenvalue weighted by Crippen LogP contribution is 2.27. The number of aromatic nitrogens is 1. The third kappa shape index (κ3) is 3.27. The van der Waals surface area contributed by atoms with Gasteiger partial charge in [-0.25, -0.2) is 8.42 Å². The van der Waals surface area contributed by atoms with Crippen molar-refractivity contribution in [2.75, 3.05) is 18.6 Å². The molecule has 0 aliphatic heterocycles. The Balaban J connectivity index is 2.22. The van der Waals surface area contributed by atoms with Gasteiger partial charge in [0.15, 0.2) is 9.84 Å². The van der Waals surface area contributed by atoms with Crippen molar-refractivity contribution in [2.24, 2.45) is 0 Å². The second-order valence-corrected chi connectivity index (χ2v) is 6.38. The highest BCUT2D eigenvalue weighted by Gasteiger charge is 2.19. The first-order chi connectivity index (χ1) is 9.53. The molecule has 20 heavy (non-hydrogen) atoms. The minimum Gasteiger partial charge on any atom is -0.495 e. The van der Waals surface area contributed by atoms with Crippen LogP contribution in [0.1, 0.15) is 5.69 Å². The molecule has 0 atom stereocenters. The fourth-order valence-corrected chi connectivity index (χ4v) is 3.26. The third-order valence-corrected chi connectivity index (χ3v) is 4.62. The van der Waals surface area contributed by atoms with Crippen LogP contribution in [-0.2, 0) is 16.3 Å². The Morgan fingerprint density at radius 1 is 1.25 bits per heavy atom. The number of hydrogen-bond donors (Lipinski definition) is 1. The molecule has 1 aromatic heterocycles. The van der Waals surface area contributed by atoms with Gasteiger partial charge < -0.3 is 10.5 Å². The van der Waals surface area contributed by atoms with Crippen LogP contribution in [0.3, 0.4) is 0 Å². The number of benzene rings is 1. The Hall–Kier alpha value is -2.08. The SMILES string of the molecule is COc1cc(N)ccc1S(=O)(=O)CCc1ccccn1. The summed E-state index contributed by atoms with van der Waals surface area (Å²) in [7, 11) is -2.02. The summed E-state index contributed by atoms with van der Waals surface area (Å²) in [6.45, 7) is 0. The quantitative estimate of drug-likeness (QED) is 0.848. The molecule has 0 saturated carbocycles. The Labute approximate surface area is 118 Å². The van der Waals surface area contributed by atoms with Crippen LogP contribution in [0.4, 0.5) is 5.69 Å². The van der Waals surface area contributed by atoms with Gasteiger partial charge in [0.25, 0.3) is 0 Å². The van der Waals surface area contributed by atoms with Crippen LogP contribution < -0.4 is 10.5 Å². The van der Waals surface area contributed by atoms with E-state index in [4.69, 9.17) is 10.5 Å². The molecule has 0 fully saturated rings. The number of sulfone groups is 1. The molecular weight excluding hydrogens is 276 g/mol. The minimum absolute atomic E-state index is 0.0235. The van der Waals surface area contributed by atoms with Crippen molar-refractivity contribution in [3.8, 4) is 5.75 Å². The average Bonchev–Trinajstić information content (AvgIpc) is 2.46. The zero-order valence-electron chi connectivity index (χ0n) is 11.1. The standard InChI is InChI=1S/C14H16N2O3S/c1-19-13-10-11(15)5-6-14(13)20(17,18)9-7-12-4-2-3-8-16-12/h2-6,8,10H,7,9,15H2,1H3. The first-order valence-electron chi connectivity index (χ1n) is 6.09. The van der Waals surface area contributed by atoms with Gasteiger partial charge in [-0.15, -0.1) is 0 Å². The lowest BCUT2D eigenvalue weighted by Gasteiger charge is -2.10. The summed E-state index contributed by atoms with van der Waals surface area (Å²) in [6.07, 6.45) is 2.00. The van der Waals surface area contributed by atoms with Crippen molar-refractivity contribution < 1.29 is 13.2 Å². The van der Waals surface area contributed by atoms with Crippen molar-refractivity contribution in [3.05, 3.63) is 48.3 Å². The van der Waals surface area contributed by atoms with Crippen LogP contribution in [0.2, 0.25) is 0 Å². The summed E-state index contributed by atoms with van der Waals surface area (Å²) in [5, 5.41) is 0. The summed E-state index contributed by atoms with van der Waals surface area (Å²) >= 11 is 0. The fourth-order valence-electron chi connectivity index (χ4n) is 1.84. The summed E-state index contributed by atoms with van der Waals surface area (Å²) in [6, 6.07) is 9.96. The Morgan fingerprint density at radius 3 is 2.70 bits per heavy atom. The number of aryl methyl sites for hydroxylation is 1. The van der Waals surface area contributed by atoms with E-state index in [9.17, 15) is 8.42 Å². The van der Waals surface area contributed by atoms with Gasteiger partial charge in [0.2, 0.25) is 0 Å². The summed E-state index contributed by atoms with van der Waals surface area (Å²) < 4.78 is 29.8. The molecule has 1 aromatic carbocycles. The number of nitrogen functional groups attached to an aromatic ring is 1. The molecule has 0 bridgehead atoms. The molecule has 5 nitrogen and oxygen atoms in total. The maximum absolute atomic E-state index is 12.3. The maximum atomic E-state index is 12.3. The maximum Gasteiger partial charge on any atom is 0.182 e. The van der Waals surface area contributed by atoms with E-state index in [1.54, 1.807) is 24.4 Å². The monoisotopic (exact) mass is 292 g/mol. The molecule has 0 unspecified atom stereocenters.